The highest BCUT2D eigenvalue weighted by Gasteiger charge is 2.14. The number of hydrogen-bond donors (Lipinski definition) is 1. The Bertz CT molecular complexity index is 935. The van der Waals surface area contributed by atoms with Crippen LogP contribution in [0.1, 0.15) is 47.7 Å². The normalized spacial score (nSPS) is 14.9. The molecule has 0 aliphatic carbocycles. The van der Waals surface area contributed by atoms with E-state index in [-0.39, 0.29) is 5.69 Å². The summed E-state index contributed by atoms with van der Waals surface area (Å²) in [6.45, 7) is 4.82. The third-order valence-corrected chi connectivity index (χ3v) is 5.21. The van der Waals surface area contributed by atoms with Gasteiger partial charge >= 0.3 is 0 Å². The molecule has 1 saturated heterocycles. The van der Waals surface area contributed by atoms with Gasteiger partial charge in [-0.05, 0) is 68.8 Å². The lowest BCUT2D eigenvalue weighted by Crippen LogP contribution is -2.29. The second-order valence-electron chi connectivity index (χ2n) is 7.31. The largest absolute Gasteiger partial charge is 0.496 e. The monoisotopic (exact) mass is 410 g/mol. The van der Waals surface area contributed by atoms with Crippen LogP contribution < -0.4 is 10.2 Å². The summed E-state index contributed by atoms with van der Waals surface area (Å²) < 4.78 is 5.52. The summed E-state index contributed by atoms with van der Waals surface area (Å²) in [5.74, 6) is 0.415. The minimum absolute atomic E-state index is 0.0642. The number of ether oxygens (including phenoxy) is 1. The Morgan fingerprint density at radius 1 is 1.13 bits per heavy atom. The molecule has 0 saturated carbocycles. The van der Waals surface area contributed by atoms with E-state index in [0.29, 0.717) is 11.3 Å². The van der Waals surface area contributed by atoms with Crippen LogP contribution in [-0.2, 0) is 6.54 Å². The molecular weight excluding hydrogens is 384 g/mol. The van der Waals surface area contributed by atoms with Crippen LogP contribution in [0.3, 0.4) is 0 Å². The van der Waals surface area contributed by atoms with Gasteiger partial charge in [0.25, 0.3) is 11.6 Å². The first-order chi connectivity index (χ1) is 14.5. The van der Waals surface area contributed by atoms with Gasteiger partial charge in [0.1, 0.15) is 5.75 Å². The smallest absolute Gasteiger partial charge is 0.271 e. The summed E-state index contributed by atoms with van der Waals surface area (Å²) in [6, 6.07) is 11.3. The Morgan fingerprint density at radius 2 is 1.80 bits per heavy atom. The van der Waals surface area contributed by atoms with Crippen LogP contribution in [0.15, 0.2) is 47.6 Å². The average molecular weight is 410 g/mol. The van der Waals surface area contributed by atoms with Crippen molar-refractivity contribution >= 4 is 17.3 Å². The van der Waals surface area contributed by atoms with Crippen LogP contribution >= 0.6 is 0 Å². The van der Waals surface area contributed by atoms with Crippen molar-refractivity contribution in [1.82, 2.24) is 10.3 Å². The molecule has 1 heterocycles. The lowest BCUT2D eigenvalue weighted by Gasteiger charge is -2.27. The molecule has 2 aromatic rings. The molecule has 0 bridgehead atoms. The van der Waals surface area contributed by atoms with Crippen LogP contribution in [0, 0.1) is 10.1 Å². The molecule has 158 valence electrons. The zero-order chi connectivity index (χ0) is 21.5. The van der Waals surface area contributed by atoms with Crippen LogP contribution in [0.2, 0.25) is 0 Å². The molecule has 1 aliphatic rings. The average Bonchev–Trinajstić information content (AvgIpc) is 2.78. The number of non-ortho nitro benzene ring substituents is 1. The van der Waals surface area contributed by atoms with Gasteiger partial charge < -0.3 is 4.74 Å². The van der Waals surface area contributed by atoms with Crippen molar-refractivity contribution in [1.29, 1.82) is 0 Å². The van der Waals surface area contributed by atoms with Gasteiger partial charge in [0, 0.05) is 29.8 Å². The Hall–Kier alpha value is -3.26. The van der Waals surface area contributed by atoms with E-state index in [1.54, 1.807) is 7.11 Å². The molecule has 0 aromatic heterocycles. The van der Waals surface area contributed by atoms with E-state index in [0.717, 1.165) is 36.5 Å². The minimum Gasteiger partial charge on any atom is -0.496 e. The van der Waals surface area contributed by atoms with E-state index >= 15 is 0 Å². The number of carbonyl (C=O) groups is 1. The van der Waals surface area contributed by atoms with Gasteiger partial charge in [-0.2, -0.15) is 5.10 Å². The first kappa shape index (κ1) is 21.4. The Morgan fingerprint density at radius 3 is 2.43 bits per heavy atom. The molecule has 0 radical (unpaired) electrons. The fourth-order valence-electron chi connectivity index (χ4n) is 3.48. The first-order valence-electron chi connectivity index (χ1n) is 9.96. The molecular formula is C22H26N4O4. The molecule has 1 N–H and O–H groups in total. The van der Waals surface area contributed by atoms with Gasteiger partial charge in [-0.3, -0.25) is 19.8 Å². The third-order valence-electron chi connectivity index (χ3n) is 5.21. The van der Waals surface area contributed by atoms with Gasteiger partial charge in [-0.15, -0.1) is 0 Å². The van der Waals surface area contributed by atoms with E-state index in [9.17, 15) is 14.9 Å². The maximum Gasteiger partial charge on any atom is 0.271 e. The number of hydrazone groups is 1. The molecule has 1 amide bonds. The second kappa shape index (κ2) is 9.98. The molecule has 0 atom stereocenters. The number of nitro benzene ring substituents is 1. The number of piperidine rings is 1. The standard InChI is InChI=1S/C22H26N4O4/c1-16(23-24-22(27)17-6-9-20(10-7-17)26(28)29)18-8-11-21(30-2)19(14-18)15-25-12-4-3-5-13-25/h6-11,14H,3-5,12-13,15H2,1-2H3,(H,24,27)/b23-16-. The predicted molar refractivity (Wildman–Crippen MR) is 115 cm³/mol. The van der Waals surface area contributed by atoms with Crippen molar-refractivity contribution in [3.63, 3.8) is 0 Å². The fourth-order valence-corrected chi connectivity index (χ4v) is 3.48. The molecule has 2 aromatic carbocycles. The van der Waals surface area contributed by atoms with Crippen molar-refractivity contribution in [3.05, 3.63) is 69.3 Å². The molecule has 0 unspecified atom stereocenters. The number of hydrogen-bond acceptors (Lipinski definition) is 6. The zero-order valence-corrected chi connectivity index (χ0v) is 17.3. The lowest BCUT2D eigenvalue weighted by molar-refractivity contribution is -0.384. The van der Waals surface area contributed by atoms with E-state index < -0.39 is 10.8 Å². The van der Waals surface area contributed by atoms with Crippen molar-refractivity contribution in [2.45, 2.75) is 32.7 Å². The quantitative estimate of drug-likeness (QED) is 0.426. The number of nitrogens with one attached hydrogen (secondary N) is 1. The van der Waals surface area contributed by atoms with E-state index in [2.05, 4.69) is 15.4 Å². The molecule has 30 heavy (non-hydrogen) atoms. The first-order valence-corrected chi connectivity index (χ1v) is 9.96. The Balaban J connectivity index is 1.70. The molecule has 3 rings (SSSR count). The van der Waals surface area contributed by atoms with Crippen molar-refractivity contribution in [3.8, 4) is 5.75 Å². The number of likely N-dealkylation sites (tertiary alicyclic amines) is 1. The van der Waals surface area contributed by atoms with Crippen LogP contribution in [0.5, 0.6) is 5.75 Å². The highest BCUT2D eigenvalue weighted by molar-refractivity contribution is 6.01. The number of amides is 1. The summed E-state index contributed by atoms with van der Waals surface area (Å²) in [6.07, 6.45) is 3.72. The number of methoxy groups -OCH3 is 1. The van der Waals surface area contributed by atoms with Crippen molar-refractivity contribution in [2.75, 3.05) is 20.2 Å². The van der Waals surface area contributed by atoms with Gasteiger partial charge in [-0.25, -0.2) is 5.43 Å². The number of rotatable bonds is 7. The SMILES string of the molecule is COc1ccc(/C(C)=N\NC(=O)c2ccc([N+](=O)[O-])cc2)cc1CN1CCCCC1. The molecule has 0 spiro atoms. The van der Waals surface area contributed by atoms with Crippen LogP contribution in [0.25, 0.3) is 0 Å². The van der Waals surface area contributed by atoms with Gasteiger partial charge in [0.15, 0.2) is 0 Å². The highest BCUT2D eigenvalue weighted by Crippen LogP contribution is 2.23. The Kier molecular flexibility index (Phi) is 7.13. The summed E-state index contributed by atoms with van der Waals surface area (Å²) >= 11 is 0. The fraction of sp³-hybridized carbons (Fsp3) is 0.364. The number of nitrogens with zero attached hydrogens (tertiary/aromatic N) is 3. The maximum absolute atomic E-state index is 12.3. The second-order valence-corrected chi connectivity index (χ2v) is 7.31. The van der Waals surface area contributed by atoms with Gasteiger partial charge in [0.2, 0.25) is 0 Å². The topological polar surface area (TPSA) is 97.1 Å². The maximum atomic E-state index is 12.3. The van der Waals surface area contributed by atoms with E-state index in [1.807, 2.05) is 25.1 Å². The summed E-state index contributed by atoms with van der Waals surface area (Å²) in [7, 11) is 1.67. The van der Waals surface area contributed by atoms with Crippen LogP contribution in [-0.4, -0.2) is 41.6 Å². The van der Waals surface area contributed by atoms with Gasteiger partial charge in [-0.1, -0.05) is 6.42 Å². The summed E-state index contributed by atoms with van der Waals surface area (Å²) in [4.78, 5) is 24.9. The molecule has 1 aliphatic heterocycles. The zero-order valence-electron chi connectivity index (χ0n) is 17.3. The third kappa shape index (κ3) is 5.42. The van der Waals surface area contributed by atoms with Gasteiger partial charge in [0.05, 0.1) is 17.7 Å². The Labute approximate surface area is 175 Å². The van der Waals surface area contributed by atoms with Crippen LogP contribution in [0.4, 0.5) is 5.69 Å². The summed E-state index contributed by atoms with van der Waals surface area (Å²) in [5.41, 5.74) is 5.40. The lowest BCUT2D eigenvalue weighted by atomic mass is 10.0. The number of nitro groups is 1. The summed E-state index contributed by atoms with van der Waals surface area (Å²) in [5, 5.41) is 14.9. The number of benzene rings is 2. The predicted octanol–water partition coefficient (Wildman–Crippen LogP) is 3.74. The van der Waals surface area contributed by atoms with E-state index in [1.165, 1.54) is 43.5 Å². The molecule has 1 fully saturated rings. The van der Waals surface area contributed by atoms with Crippen molar-refractivity contribution < 1.29 is 14.5 Å². The molecule has 8 heteroatoms. The minimum atomic E-state index is -0.505. The van der Waals surface area contributed by atoms with E-state index in [4.69, 9.17) is 4.74 Å². The molecule has 8 nitrogen and oxygen atoms in total. The number of carbonyl (C=O) groups excluding carboxylic acids is 1. The van der Waals surface area contributed by atoms with Crippen molar-refractivity contribution in [2.24, 2.45) is 5.10 Å². The highest BCUT2D eigenvalue weighted by atomic mass is 16.6.